The molecule has 0 spiro atoms. The topological polar surface area (TPSA) is 49.4 Å². The number of benzene rings is 1. The summed E-state index contributed by atoms with van der Waals surface area (Å²) >= 11 is 0. The van der Waals surface area contributed by atoms with Crippen LogP contribution in [0.3, 0.4) is 0 Å². The maximum absolute atomic E-state index is 12.4. The fourth-order valence-electron chi connectivity index (χ4n) is 2.46. The van der Waals surface area contributed by atoms with E-state index in [1.54, 1.807) is 11.8 Å². The van der Waals surface area contributed by atoms with Gasteiger partial charge in [-0.1, -0.05) is 38.1 Å². The van der Waals surface area contributed by atoms with E-state index in [2.05, 4.69) is 24.4 Å². The number of hydrogen-bond donors (Lipinski definition) is 1. The second kappa shape index (κ2) is 6.07. The lowest BCUT2D eigenvalue weighted by Crippen LogP contribution is -2.61. The van der Waals surface area contributed by atoms with Gasteiger partial charge in [0, 0.05) is 6.54 Å². The van der Waals surface area contributed by atoms with E-state index in [4.69, 9.17) is 0 Å². The molecule has 1 aromatic rings. The normalized spacial score (nSPS) is 22.9. The highest BCUT2D eigenvalue weighted by atomic mass is 16.2. The molecule has 0 saturated carbocycles. The molecule has 2 rings (SSSR count). The van der Waals surface area contributed by atoms with Crippen LogP contribution in [0, 0.1) is 0 Å². The first-order chi connectivity index (χ1) is 9.56. The van der Waals surface area contributed by atoms with Crippen LogP contribution in [0.4, 0.5) is 0 Å². The van der Waals surface area contributed by atoms with Crippen molar-refractivity contribution in [1.82, 2.24) is 10.2 Å². The van der Waals surface area contributed by atoms with E-state index < -0.39 is 6.04 Å². The number of carbonyl (C=O) groups is 2. The Balaban J connectivity index is 2.16. The van der Waals surface area contributed by atoms with E-state index in [0.29, 0.717) is 13.0 Å². The van der Waals surface area contributed by atoms with E-state index in [0.717, 1.165) is 12.0 Å². The van der Waals surface area contributed by atoms with E-state index >= 15 is 0 Å². The van der Waals surface area contributed by atoms with Crippen LogP contribution >= 0.6 is 0 Å². The quantitative estimate of drug-likeness (QED) is 0.911. The highest BCUT2D eigenvalue weighted by Gasteiger charge is 2.36. The summed E-state index contributed by atoms with van der Waals surface area (Å²) in [6.45, 7) is 6.29. The predicted octanol–water partition coefficient (Wildman–Crippen LogP) is 1.87. The van der Waals surface area contributed by atoms with Gasteiger partial charge < -0.3 is 10.2 Å². The standard InChI is InChI=1S/C16H22N2O2/c1-4-12-6-8-13(9-7-12)10-18-11(3)15(19)17-14(5-2)16(18)20/h6-9,11,14H,4-5,10H2,1-3H3,(H,17,19). The van der Waals surface area contributed by atoms with E-state index in [-0.39, 0.29) is 17.9 Å². The van der Waals surface area contributed by atoms with E-state index in [1.807, 2.05) is 19.1 Å². The van der Waals surface area contributed by atoms with Crippen molar-refractivity contribution in [2.24, 2.45) is 0 Å². The van der Waals surface area contributed by atoms with Crippen LogP contribution in [-0.2, 0) is 22.6 Å². The number of hydrogen-bond acceptors (Lipinski definition) is 2. The summed E-state index contributed by atoms with van der Waals surface area (Å²) in [5.41, 5.74) is 2.34. The molecule has 0 radical (unpaired) electrons. The number of aryl methyl sites for hydroxylation is 1. The Kier molecular flexibility index (Phi) is 4.42. The summed E-state index contributed by atoms with van der Waals surface area (Å²) < 4.78 is 0. The van der Waals surface area contributed by atoms with Gasteiger partial charge in [-0.15, -0.1) is 0 Å². The molecular formula is C16H22N2O2. The highest BCUT2D eigenvalue weighted by molar-refractivity contribution is 5.96. The van der Waals surface area contributed by atoms with Crippen LogP contribution in [0.2, 0.25) is 0 Å². The summed E-state index contributed by atoms with van der Waals surface area (Å²) in [6, 6.07) is 7.43. The minimum absolute atomic E-state index is 0.0131. The number of piperazine rings is 1. The van der Waals surface area contributed by atoms with Crippen LogP contribution < -0.4 is 5.32 Å². The smallest absolute Gasteiger partial charge is 0.246 e. The minimum atomic E-state index is -0.406. The predicted molar refractivity (Wildman–Crippen MR) is 78.1 cm³/mol. The number of rotatable bonds is 4. The Bertz CT molecular complexity index is 496. The zero-order chi connectivity index (χ0) is 14.7. The van der Waals surface area contributed by atoms with Crippen LogP contribution in [0.25, 0.3) is 0 Å². The van der Waals surface area contributed by atoms with Crippen molar-refractivity contribution in [3.05, 3.63) is 35.4 Å². The Morgan fingerprint density at radius 1 is 1.10 bits per heavy atom. The molecule has 20 heavy (non-hydrogen) atoms. The zero-order valence-corrected chi connectivity index (χ0v) is 12.3. The molecule has 0 aromatic heterocycles. The number of amides is 2. The average Bonchev–Trinajstić information content (AvgIpc) is 2.48. The van der Waals surface area contributed by atoms with E-state index in [9.17, 15) is 9.59 Å². The molecule has 1 saturated heterocycles. The molecule has 108 valence electrons. The van der Waals surface area contributed by atoms with Crippen molar-refractivity contribution in [2.75, 3.05) is 0 Å². The monoisotopic (exact) mass is 274 g/mol. The number of nitrogens with one attached hydrogen (secondary N) is 1. The Labute approximate surface area is 120 Å². The maximum Gasteiger partial charge on any atom is 0.246 e. The number of carbonyl (C=O) groups excluding carboxylic acids is 2. The molecule has 4 nitrogen and oxygen atoms in total. The van der Waals surface area contributed by atoms with Crippen LogP contribution in [0.5, 0.6) is 0 Å². The second-order valence-corrected chi connectivity index (χ2v) is 5.28. The molecule has 1 fully saturated rings. The molecule has 1 aliphatic heterocycles. The molecule has 4 heteroatoms. The lowest BCUT2D eigenvalue weighted by Gasteiger charge is -2.37. The molecular weight excluding hydrogens is 252 g/mol. The fourth-order valence-corrected chi connectivity index (χ4v) is 2.46. The summed E-state index contributed by atoms with van der Waals surface area (Å²) in [4.78, 5) is 25.9. The second-order valence-electron chi connectivity index (χ2n) is 5.28. The zero-order valence-electron chi connectivity index (χ0n) is 12.3. The molecule has 2 amide bonds. The van der Waals surface area contributed by atoms with Crippen molar-refractivity contribution in [1.29, 1.82) is 0 Å². The molecule has 1 heterocycles. The van der Waals surface area contributed by atoms with Gasteiger partial charge in [-0.25, -0.2) is 0 Å². The fraction of sp³-hybridized carbons (Fsp3) is 0.500. The van der Waals surface area contributed by atoms with E-state index in [1.165, 1.54) is 5.56 Å². The molecule has 0 bridgehead atoms. The first-order valence-corrected chi connectivity index (χ1v) is 7.25. The van der Waals surface area contributed by atoms with Crippen LogP contribution in [-0.4, -0.2) is 28.8 Å². The largest absolute Gasteiger partial charge is 0.343 e. The maximum atomic E-state index is 12.4. The lowest BCUT2D eigenvalue weighted by molar-refractivity contribution is -0.149. The van der Waals surface area contributed by atoms with Gasteiger partial charge in [0.25, 0.3) is 0 Å². The van der Waals surface area contributed by atoms with Gasteiger partial charge in [-0.05, 0) is 30.9 Å². The summed E-state index contributed by atoms with van der Waals surface area (Å²) in [6.07, 6.45) is 1.63. The molecule has 1 aliphatic rings. The molecule has 1 aromatic carbocycles. The molecule has 2 unspecified atom stereocenters. The van der Waals surface area contributed by atoms with Gasteiger partial charge in [0.15, 0.2) is 0 Å². The first-order valence-electron chi connectivity index (χ1n) is 7.25. The summed E-state index contributed by atoms with van der Waals surface area (Å²) in [5, 5.41) is 2.77. The van der Waals surface area contributed by atoms with Gasteiger partial charge in [0.1, 0.15) is 12.1 Å². The van der Waals surface area contributed by atoms with Crippen molar-refractivity contribution in [2.45, 2.75) is 52.2 Å². The molecule has 0 aliphatic carbocycles. The Morgan fingerprint density at radius 2 is 1.70 bits per heavy atom. The van der Waals surface area contributed by atoms with Gasteiger partial charge in [0.05, 0.1) is 0 Å². The lowest BCUT2D eigenvalue weighted by atomic mass is 10.0. The summed E-state index contributed by atoms with van der Waals surface area (Å²) in [7, 11) is 0. The van der Waals surface area contributed by atoms with Gasteiger partial charge in [0.2, 0.25) is 11.8 Å². The van der Waals surface area contributed by atoms with Gasteiger partial charge in [-0.3, -0.25) is 9.59 Å². The SMILES string of the molecule is CCc1ccc(CN2C(=O)C(CC)NC(=O)C2C)cc1. The van der Waals surface area contributed by atoms with Crippen molar-refractivity contribution < 1.29 is 9.59 Å². The van der Waals surface area contributed by atoms with Crippen LogP contribution in [0.1, 0.15) is 38.3 Å². The summed E-state index contributed by atoms with van der Waals surface area (Å²) in [5.74, 6) is -0.0548. The number of nitrogens with zero attached hydrogens (tertiary/aromatic N) is 1. The molecule has 1 N–H and O–H groups in total. The van der Waals surface area contributed by atoms with Gasteiger partial charge in [-0.2, -0.15) is 0 Å². The highest BCUT2D eigenvalue weighted by Crippen LogP contribution is 2.16. The third kappa shape index (κ3) is 2.84. The first kappa shape index (κ1) is 14.6. The van der Waals surface area contributed by atoms with Crippen molar-refractivity contribution in [3.63, 3.8) is 0 Å². The minimum Gasteiger partial charge on any atom is -0.343 e. The van der Waals surface area contributed by atoms with Crippen molar-refractivity contribution in [3.8, 4) is 0 Å². The average molecular weight is 274 g/mol. The molecule has 2 atom stereocenters. The van der Waals surface area contributed by atoms with Crippen LogP contribution in [0.15, 0.2) is 24.3 Å². The van der Waals surface area contributed by atoms with Gasteiger partial charge >= 0.3 is 0 Å². The third-order valence-electron chi connectivity index (χ3n) is 3.94. The Morgan fingerprint density at radius 3 is 2.25 bits per heavy atom. The van der Waals surface area contributed by atoms with Crippen molar-refractivity contribution >= 4 is 11.8 Å². The third-order valence-corrected chi connectivity index (χ3v) is 3.94. The Hall–Kier alpha value is -1.84.